The second-order valence-corrected chi connectivity index (χ2v) is 12.0. The van der Waals surface area contributed by atoms with Gasteiger partial charge in [-0.1, -0.05) is 24.3 Å². The van der Waals surface area contributed by atoms with Crippen molar-refractivity contribution in [2.24, 2.45) is 0 Å². The van der Waals surface area contributed by atoms with Gasteiger partial charge >= 0.3 is 6.09 Å². The van der Waals surface area contributed by atoms with Crippen LogP contribution < -0.4 is 15.8 Å². The maximum atomic E-state index is 12.5. The van der Waals surface area contributed by atoms with Crippen molar-refractivity contribution in [3.8, 4) is 5.75 Å². The summed E-state index contributed by atoms with van der Waals surface area (Å²) in [5.41, 5.74) is 10.4. The summed E-state index contributed by atoms with van der Waals surface area (Å²) in [5.74, 6) is -0.0485. The number of carbonyl (C=O) groups is 2. The number of amides is 2. The zero-order valence-electron chi connectivity index (χ0n) is 26.3. The molecule has 2 unspecified atom stereocenters. The van der Waals surface area contributed by atoms with Gasteiger partial charge in [0.05, 0.1) is 39.1 Å². The first-order chi connectivity index (χ1) is 21.6. The van der Waals surface area contributed by atoms with Crippen LogP contribution in [0.3, 0.4) is 0 Å². The summed E-state index contributed by atoms with van der Waals surface area (Å²) in [6.07, 6.45) is 2.22. The van der Waals surface area contributed by atoms with E-state index in [1.165, 1.54) is 0 Å². The highest BCUT2D eigenvalue weighted by Gasteiger charge is 2.33. The third-order valence-electron chi connectivity index (χ3n) is 7.80. The monoisotopic (exact) mass is 617 g/mol. The molecule has 5 rings (SSSR count). The minimum Gasteiger partial charge on any atom is -0.463 e. The van der Waals surface area contributed by atoms with Gasteiger partial charge in [-0.15, -0.1) is 0 Å². The van der Waals surface area contributed by atoms with Crippen molar-refractivity contribution in [1.82, 2.24) is 4.90 Å². The molecule has 1 saturated heterocycles. The van der Waals surface area contributed by atoms with Gasteiger partial charge in [-0.2, -0.15) is 0 Å². The lowest BCUT2D eigenvalue weighted by Gasteiger charge is -2.32. The number of ether oxygens (including phenoxy) is 5. The number of rotatable bonds is 14. The molecule has 45 heavy (non-hydrogen) atoms. The highest BCUT2D eigenvalue weighted by Crippen LogP contribution is 2.35. The fraction of sp³-hybridized carbons (Fsp3) is 0.429. The fourth-order valence-electron chi connectivity index (χ4n) is 5.36. The third kappa shape index (κ3) is 9.20. The minimum atomic E-state index is -0.642. The standard InChI is InChI=1S/C35H43N3O7/c1-24(42-17-16-41-22-25-9-6-12-30(18-25)37-33(39)27-10-7-11-29(36)20-27)8-4-5-15-38-21-32(44-34(38)40)26-13-14-31-28(19-26)23-43-35(2,3)45-31/h6-7,9-14,18-20,24,32H,4-5,8,15-17,21-23,36H2,1-3H3,(H,37,39). The van der Waals surface area contributed by atoms with Crippen LogP contribution in [0.5, 0.6) is 5.75 Å². The van der Waals surface area contributed by atoms with Gasteiger partial charge in [0.15, 0.2) is 0 Å². The average molecular weight is 618 g/mol. The molecule has 3 aromatic rings. The van der Waals surface area contributed by atoms with Crippen molar-refractivity contribution in [2.75, 3.05) is 37.4 Å². The number of nitrogens with zero attached hydrogens (tertiary/aromatic N) is 1. The molecule has 2 aliphatic heterocycles. The van der Waals surface area contributed by atoms with E-state index >= 15 is 0 Å². The van der Waals surface area contributed by atoms with Crippen LogP contribution in [0.2, 0.25) is 0 Å². The molecule has 1 fully saturated rings. The van der Waals surface area contributed by atoms with Gasteiger partial charge in [-0.3, -0.25) is 4.79 Å². The van der Waals surface area contributed by atoms with E-state index in [-0.39, 0.29) is 24.2 Å². The van der Waals surface area contributed by atoms with E-state index in [2.05, 4.69) is 12.2 Å². The molecule has 0 aromatic heterocycles. The second-order valence-electron chi connectivity index (χ2n) is 12.0. The fourth-order valence-corrected chi connectivity index (χ4v) is 5.36. The number of unbranched alkanes of at least 4 members (excludes halogenated alkanes) is 1. The minimum absolute atomic E-state index is 0.0855. The number of hydrogen-bond acceptors (Lipinski definition) is 8. The quantitative estimate of drug-likeness (QED) is 0.156. The number of nitrogens with one attached hydrogen (secondary N) is 1. The van der Waals surface area contributed by atoms with Crippen molar-refractivity contribution in [3.05, 3.63) is 89.0 Å². The molecule has 0 aliphatic carbocycles. The Hall–Kier alpha value is -4.12. The normalized spacial score (nSPS) is 17.7. The Morgan fingerprint density at radius 1 is 1.09 bits per heavy atom. The van der Waals surface area contributed by atoms with Crippen molar-refractivity contribution in [3.63, 3.8) is 0 Å². The summed E-state index contributed by atoms with van der Waals surface area (Å²) in [5, 5.41) is 2.90. The first kappa shape index (κ1) is 32.3. The Morgan fingerprint density at radius 2 is 1.93 bits per heavy atom. The summed E-state index contributed by atoms with van der Waals surface area (Å²) in [7, 11) is 0. The van der Waals surface area contributed by atoms with E-state index in [0.29, 0.717) is 56.5 Å². The van der Waals surface area contributed by atoms with E-state index in [0.717, 1.165) is 41.7 Å². The van der Waals surface area contributed by atoms with Gasteiger partial charge in [0.2, 0.25) is 5.79 Å². The zero-order chi connectivity index (χ0) is 31.8. The second kappa shape index (κ2) is 14.8. The van der Waals surface area contributed by atoms with Crippen LogP contribution >= 0.6 is 0 Å². The van der Waals surface area contributed by atoms with Crippen LogP contribution in [-0.2, 0) is 32.2 Å². The molecule has 0 bridgehead atoms. The van der Waals surface area contributed by atoms with E-state index in [1.54, 1.807) is 29.2 Å². The highest BCUT2D eigenvalue weighted by atomic mass is 16.7. The summed E-state index contributed by atoms with van der Waals surface area (Å²) in [6.45, 7) is 8.84. The van der Waals surface area contributed by atoms with Crippen molar-refractivity contribution in [2.45, 2.75) is 71.2 Å². The molecule has 3 aromatic carbocycles. The first-order valence-electron chi connectivity index (χ1n) is 15.5. The van der Waals surface area contributed by atoms with Crippen molar-refractivity contribution < 1.29 is 33.3 Å². The molecule has 0 spiro atoms. The van der Waals surface area contributed by atoms with Crippen LogP contribution in [0.15, 0.2) is 66.7 Å². The first-order valence-corrected chi connectivity index (χ1v) is 15.5. The summed E-state index contributed by atoms with van der Waals surface area (Å²) >= 11 is 0. The van der Waals surface area contributed by atoms with E-state index in [1.807, 2.05) is 56.3 Å². The lowest BCUT2D eigenvalue weighted by Crippen LogP contribution is -2.35. The molecule has 10 heteroatoms. The number of hydrogen-bond donors (Lipinski definition) is 2. The molecule has 2 heterocycles. The highest BCUT2D eigenvalue weighted by molar-refractivity contribution is 6.04. The van der Waals surface area contributed by atoms with Gasteiger partial charge in [0.1, 0.15) is 11.9 Å². The number of anilines is 2. The lowest BCUT2D eigenvalue weighted by atomic mass is 10.0. The number of nitrogen functional groups attached to an aromatic ring is 1. The molecule has 3 N–H and O–H groups in total. The molecule has 2 atom stereocenters. The number of benzene rings is 3. The predicted molar refractivity (Wildman–Crippen MR) is 171 cm³/mol. The predicted octanol–water partition coefficient (Wildman–Crippen LogP) is 6.45. The van der Waals surface area contributed by atoms with Gasteiger partial charge in [-0.25, -0.2) is 4.79 Å². The van der Waals surface area contributed by atoms with Crippen LogP contribution in [0.4, 0.5) is 16.2 Å². The Balaban J connectivity index is 0.943. The van der Waals surface area contributed by atoms with Crippen molar-refractivity contribution in [1.29, 1.82) is 0 Å². The molecule has 0 radical (unpaired) electrons. The number of nitrogens with two attached hydrogens (primary N) is 1. The van der Waals surface area contributed by atoms with Gasteiger partial charge in [-0.05, 0) is 79.8 Å². The van der Waals surface area contributed by atoms with E-state index in [4.69, 9.17) is 29.4 Å². The van der Waals surface area contributed by atoms with Crippen LogP contribution in [0.25, 0.3) is 0 Å². The van der Waals surface area contributed by atoms with Gasteiger partial charge in [0, 0.05) is 42.9 Å². The maximum absolute atomic E-state index is 12.5. The van der Waals surface area contributed by atoms with E-state index < -0.39 is 5.79 Å². The summed E-state index contributed by atoms with van der Waals surface area (Å²) < 4.78 is 29.0. The molecular weight excluding hydrogens is 574 g/mol. The number of fused-ring (bicyclic) bond motifs is 1. The Kier molecular flexibility index (Phi) is 10.6. The molecule has 0 saturated carbocycles. The smallest absolute Gasteiger partial charge is 0.410 e. The Labute approximate surface area is 264 Å². The summed E-state index contributed by atoms with van der Waals surface area (Å²) in [4.78, 5) is 26.8. The summed E-state index contributed by atoms with van der Waals surface area (Å²) in [6, 6.07) is 20.3. The topological polar surface area (TPSA) is 122 Å². The maximum Gasteiger partial charge on any atom is 0.410 e. The lowest BCUT2D eigenvalue weighted by molar-refractivity contribution is -0.180. The third-order valence-corrected chi connectivity index (χ3v) is 7.80. The number of carbonyl (C=O) groups excluding carboxylic acids is 2. The average Bonchev–Trinajstić information content (AvgIpc) is 3.38. The number of cyclic esters (lactones) is 1. The van der Waals surface area contributed by atoms with Crippen molar-refractivity contribution >= 4 is 23.4 Å². The molecule has 10 nitrogen and oxygen atoms in total. The largest absolute Gasteiger partial charge is 0.463 e. The molecular formula is C35H43N3O7. The van der Waals surface area contributed by atoms with E-state index in [9.17, 15) is 9.59 Å². The molecule has 240 valence electrons. The van der Waals surface area contributed by atoms with Gasteiger partial charge in [0.25, 0.3) is 5.91 Å². The zero-order valence-corrected chi connectivity index (χ0v) is 26.3. The Morgan fingerprint density at radius 3 is 2.78 bits per heavy atom. The van der Waals surface area contributed by atoms with Crippen LogP contribution in [-0.4, -0.2) is 55.1 Å². The van der Waals surface area contributed by atoms with Crippen LogP contribution in [0.1, 0.15) is 73.2 Å². The molecule has 2 amide bonds. The van der Waals surface area contributed by atoms with Gasteiger partial charge < -0.3 is 39.6 Å². The Bertz CT molecular complexity index is 1480. The van der Waals surface area contributed by atoms with Crippen LogP contribution in [0, 0.1) is 0 Å². The SMILES string of the molecule is CC(CCCCN1CC(c2ccc3c(c2)COC(C)(C)O3)OC1=O)OCCOCc1cccc(NC(=O)c2cccc(N)c2)c1. The molecule has 2 aliphatic rings.